The van der Waals surface area contributed by atoms with Crippen LogP contribution in [0.4, 0.5) is 0 Å². The van der Waals surface area contributed by atoms with Gasteiger partial charge in [0, 0.05) is 22.8 Å². The molecule has 5 heteroatoms. The Bertz CT molecular complexity index is 282. The highest BCUT2D eigenvalue weighted by Crippen LogP contribution is 2.23. The van der Waals surface area contributed by atoms with Gasteiger partial charge in [-0.15, -0.1) is 0 Å². The summed E-state index contributed by atoms with van der Waals surface area (Å²) in [4.78, 5) is 3.85. The number of aromatic nitrogens is 1. The molecule has 0 spiro atoms. The molecule has 12 heavy (non-hydrogen) atoms. The monoisotopic (exact) mass is 250 g/mol. The normalized spacial score (nSPS) is 13.0. The molecule has 1 aromatic rings. The summed E-state index contributed by atoms with van der Waals surface area (Å²) < 4.78 is 0.773. The summed E-state index contributed by atoms with van der Waals surface area (Å²) in [5.74, 6) is 0. The molecule has 0 aliphatic carbocycles. The Balaban J connectivity index is 3.04. The van der Waals surface area contributed by atoms with Crippen LogP contribution in [0.5, 0.6) is 0 Å². The van der Waals surface area contributed by atoms with E-state index in [9.17, 15) is 5.11 Å². The standard InChI is InChI=1S/C7H8BrClN2O/c8-4-1-5(6(12)2-10)7(9)11-3-4/h1,3,6,12H,2,10H2/t6-/m1/s1. The Morgan fingerprint density at radius 1 is 1.75 bits per heavy atom. The molecule has 0 unspecified atom stereocenters. The first-order chi connectivity index (χ1) is 5.65. The van der Waals surface area contributed by atoms with Gasteiger partial charge >= 0.3 is 0 Å². The number of aliphatic hydroxyl groups is 1. The summed E-state index contributed by atoms with van der Waals surface area (Å²) in [5, 5.41) is 9.65. The van der Waals surface area contributed by atoms with E-state index in [1.54, 1.807) is 12.3 Å². The lowest BCUT2D eigenvalue weighted by molar-refractivity contribution is 0.186. The van der Waals surface area contributed by atoms with Crippen molar-refractivity contribution in [1.29, 1.82) is 0 Å². The van der Waals surface area contributed by atoms with E-state index >= 15 is 0 Å². The van der Waals surface area contributed by atoms with E-state index < -0.39 is 6.10 Å². The molecule has 0 amide bonds. The highest BCUT2D eigenvalue weighted by Gasteiger charge is 2.10. The third-order valence-electron chi connectivity index (χ3n) is 1.42. The molecule has 1 heterocycles. The number of pyridine rings is 1. The molecule has 3 nitrogen and oxygen atoms in total. The van der Waals surface area contributed by atoms with Crippen molar-refractivity contribution in [3.8, 4) is 0 Å². The van der Waals surface area contributed by atoms with Gasteiger partial charge < -0.3 is 10.8 Å². The average Bonchev–Trinajstić information content (AvgIpc) is 2.08. The van der Waals surface area contributed by atoms with Crippen molar-refractivity contribution in [3.05, 3.63) is 27.5 Å². The van der Waals surface area contributed by atoms with E-state index in [1.165, 1.54) is 0 Å². The van der Waals surface area contributed by atoms with Gasteiger partial charge in [-0.05, 0) is 22.0 Å². The summed E-state index contributed by atoms with van der Waals surface area (Å²) in [6.45, 7) is 0.137. The Kier molecular flexibility index (Phi) is 3.46. The zero-order valence-electron chi connectivity index (χ0n) is 6.17. The zero-order valence-corrected chi connectivity index (χ0v) is 8.51. The fourth-order valence-electron chi connectivity index (χ4n) is 0.799. The van der Waals surface area contributed by atoms with Gasteiger partial charge in [0.15, 0.2) is 0 Å². The number of hydrogen-bond donors (Lipinski definition) is 2. The van der Waals surface area contributed by atoms with Crippen LogP contribution in [0.1, 0.15) is 11.7 Å². The summed E-state index contributed by atoms with van der Waals surface area (Å²) in [5.41, 5.74) is 5.82. The molecule has 0 aliphatic heterocycles. The second kappa shape index (κ2) is 4.18. The first-order valence-electron chi connectivity index (χ1n) is 3.34. The van der Waals surface area contributed by atoms with Gasteiger partial charge in [0.2, 0.25) is 0 Å². The Morgan fingerprint density at radius 3 is 3.00 bits per heavy atom. The van der Waals surface area contributed by atoms with Crippen molar-refractivity contribution < 1.29 is 5.11 Å². The summed E-state index contributed by atoms with van der Waals surface area (Å²) in [6, 6.07) is 1.70. The van der Waals surface area contributed by atoms with Crippen LogP contribution in [-0.4, -0.2) is 16.6 Å². The van der Waals surface area contributed by atoms with E-state index in [0.29, 0.717) is 5.56 Å². The minimum Gasteiger partial charge on any atom is -0.387 e. The quantitative estimate of drug-likeness (QED) is 0.783. The SMILES string of the molecule is NC[C@@H](O)c1cc(Br)cnc1Cl. The van der Waals surface area contributed by atoms with Crippen molar-refractivity contribution in [2.45, 2.75) is 6.10 Å². The Morgan fingerprint density at radius 2 is 2.42 bits per heavy atom. The maximum absolute atomic E-state index is 9.36. The fourth-order valence-corrected chi connectivity index (χ4v) is 1.38. The molecule has 0 bridgehead atoms. The molecule has 1 atom stereocenters. The molecular formula is C7H8BrClN2O. The third kappa shape index (κ3) is 2.17. The second-order valence-corrected chi connectivity index (χ2v) is 3.56. The Hall–Kier alpha value is -0.160. The third-order valence-corrected chi connectivity index (χ3v) is 2.16. The average molecular weight is 252 g/mol. The lowest BCUT2D eigenvalue weighted by Gasteiger charge is -2.09. The van der Waals surface area contributed by atoms with E-state index in [4.69, 9.17) is 17.3 Å². The molecule has 0 saturated carbocycles. The van der Waals surface area contributed by atoms with Crippen LogP contribution in [0.2, 0.25) is 5.15 Å². The van der Waals surface area contributed by atoms with Crippen LogP contribution >= 0.6 is 27.5 Å². The van der Waals surface area contributed by atoms with Crippen molar-refractivity contribution in [3.63, 3.8) is 0 Å². The summed E-state index contributed by atoms with van der Waals surface area (Å²) in [6.07, 6.45) is 0.817. The second-order valence-electron chi connectivity index (χ2n) is 2.29. The molecule has 0 saturated heterocycles. The van der Waals surface area contributed by atoms with Crippen molar-refractivity contribution in [2.75, 3.05) is 6.54 Å². The van der Waals surface area contributed by atoms with Crippen LogP contribution in [0.3, 0.4) is 0 Å². The van der Waals surface area contributed by atoms with Crippen LogP contribution < -0.4 is 5.73 Å². The van der Waals surface area contributed by atoms with Crippen LogP contribution in [0.15, 0.2) is 16.7 Å². The Labute approximate surface area is 83.7 Å². The minimum absolute atomic E-state index is 0.137. The highest BCUT2D eigenvalue weighted by molar-refractivity contribution is 9.10. The smallest absolute Gasteiger partial charge is 0.134 e. The molecular weight excluding hydrogens is 243 g/mol. The number of hydrogen-bond acceptors (Lipinski definition) is 3. The number of halogens is 2. The molecule has 0 aliphatic rings. The molecule has 0 radical (unpaired) electrons. The first-order valence-corrected chi connectivity index (χ1v) is 4.51. The topological polar surface area (TPSA) is 59.1 Å². The van der Waals surface area contributed by atoms with Crippen molar-refractivity contribution >= 4 is 27.5 Å². The van der Waals surface area contributed by atoms with Gasteiger partial charge in [-0.3, -0.25) is 0 Å². The van der Waals surface area contributed by atoms with Gasteiger partial charge in [-0.2, -0.15) is 0 Å². The largest absolute Gasteiger partial charge is 0.387 e. The lowest BCUT2D eigenvalue weighted by atomic mass is 10.2. The molecule has 0 aromatic carbocycles. The number of nitrogens with zero attached hydrogens (tertiary/aromatic N) is 1. The van der Waals surface area contributed by atoms with Gasteiger partial charge in [-0.25, -0.2) is 4.98 Å². The van der Waals surface area contributed by atoms with Crippen molar-refractivity contribution in [2.24, 2.45) is 5.73 Å². The number of rotatable bonds is 2. The van der Waals surface area contributed by atoms with E-state index in [0.717, 1.165) is 4.47 Å². The molecule has 66 valence electrons. The van der Waals surface area contributed by atoms with Crippen LogP contribution in [0.25, 0.3) is 0 Å². The van der Waals surface area contributed by atoms with Gasteiger partial charge in [0.05, 0.1) is 6.10 Å². The number of aliphatic hydroxyl groups excluding tert-OH is 1. The van der Waals surface area contributed by atoms with Gasteiger partial charge in [0.25, 0.3) is 0 Å². The minimum atomic E-state index is -0.748. The molecule has 1 rings (SSSR count). The number of nitrogens with two attached hydrogens (primary N) is 1. The highest BCUT2D eigenvalue weighted by atomic mass is 79.9. The first kappa shape index (κ1) is 9.92. The molecule has 3 N–H and O–H groups in total. The van der Waals surface area contributed by atoms with Crippen LogP contribution in [-0.2, 0) is 0 Å². The van der Waals surface area contributed by atoms with Crippen molar-refractivity contribution in [1.82, 2.24) is 4.98 Å². The van der Waals surface area contributed by atoms with Crippen LogP contribution in [0, 0.1) is 0 Å². The predicted molar refractivity (Wildman–Crippen MR) is 51.0 cm³/mol. The zero-order chi connectivity index (χ0) is 9.14. The van der Waals surface area contributed by atoms with E-state index in [1.807, 2.05) is 0 Å². The van der Waals surface area contributed by atoms with E-state index in [-0.39, 0.29) is 11.7 Å². The fraction of sp³-hybridized carbons (Fsp3) is 0.286. The van der Waals surface area contributed by atoms with E-state index in [2.05, 4.69) is 20.9 Å². The molecule has 1 aromatic heterocycles. The maximum atomic E-state index is 9.36. The summed E-state index contributed by atoms with van der Waals surface area (Å²) in [7, 11) is 0. The van der Waals surface area contributed by atoms with Gasteiger partial charge in [-0.1, -0.05) is 11.6 Å². The summed E-state index contributed by atoms with van der Waals surface area (Å²) >= 11 is 8.94. The predicted octanol–water partition coefficient (Wildman–Crippen LogP) is 1.49. The maximum Gasteiger partial charge on any atom is 0.134 e. The van der Waals surface area contributed by atoms with Gasteiger partial charge in [0.1, 0.15) is 5.15 Å². The molecule has 0 fully saturated rings. The lowest BCUT2D eigenvalue weighted by Crippen LogP contribution is -2.12.